The first-order chi connectivity index (χ1) is 8.77. The van der Waals surface area contributed by atoms with Crippen molar-refractivity contribution in [3.8, 4) is 0 Å². The molecule has 1 aromatic heterocycles. The van der Waals surface area contributed by atoms with Crippen molar-refractivity contribution >= 4 is 29.5 Å². The van der Waals surface area contributed by atoms with E-state index in [9.17, 15) is 0 Å². The maximum atomic E-state index is 4.57. The Morgan fingerprint density at radius 2 is 1.94 bits per heavy atom. The second-order valence-electron chi connectivity index (χ2n) is 4.53. The lowest BCUT2D eigenvalue weighted by Crippen LogP contribution is -2.11. The van der Waals surface area contributed by atoms with Gasteiger partial charge in [-0.3, -0.25) is 0 Å². The van der Waals surface area contributed by atoms with Crippen molar-refractivity contribution < 1.29 is 4.58 Å². The third-order valence-electron chi connectivity index (χ3n) is 3.26. The van der Waals surface area contributed by atoms with Crippen LogP contribution >= 0.6 is 11.3 Å². The van der Waals surface area contributed by atoms with Crippen molar-refractivity contribution in [2.45, 2.75) is 20.0 Å². The van der Waals surface area contributed by atoms with Crippen molar-refractivity contribution in [2.24, 2.45) is 4.99 Å². The van der Waals surface area contributed by atoms with Crippen molar-refractivity contribution in [3.63, 3.8) is 0 Å². The molecule has 0 N–H and O–H groups in total. The molecule has 1 unspecified atom stereocenters. The zero-order chi connectivity index (χ0) is 12.5. The molecule has 0 fully saturated rings. The number of thiophene rings is 1. The minimum atomic E-state index is 0.0936. The first-order valence-corrected chi connectivity index (χ1v) is 6.95. The number of hydrogen-bond donors (Lipinski definition) is 0. The monoisotopic (exact) mass is 255 g/mol. The molecule has 1 aromatic carbocycles. The summed E-state index contributed by atoms with van der Waals surface area (Å²) in [5, 5.41) is 4.27. The fourth-order valence-electron chi connectivity index (χ4n) is 2.42. The number of aliphatic imine (C=N–C) groups is 1. The standard InChI is InChI=1S/C15H15N2S/c1-11-4-3-5-12(2)14(11)17-8-7-16-15(17)13-6-9-18-10-13/h3-10,15H,1-2H3/q+1. The molecule has 90 valence electrons. The number of hydrogen-bond acceptors (Lipinski definition) is 2. The van der Waals surface area contributed by atoms with Crippen LogP contribution in [-0.4, -0.2) is 17.0 Å². The van der Waals surface area contributed by atoms with Gasteiger partial charge in [-0.15, -0.1) is 0 Å². The molecule has 2 nitrogen and oxygen atoms in total. The predicted molar refractivity (Wildman–Crippen MR) is 77.5 cm³/mol. The number of benzene rings is 1. The molecule has 3 rings (SSSR count). The number of nitrogens with zero attached hydrogens (tertiary/aromatic N) is 2. The second kappa shape index (κ2) is 4.50. The van der Waals surface area contributed by atoms with Gasteiger partial charge in [0.05, 0.1) is 11.8 Å². The van der Waals surface area contributed by atoms with E-state index in [0.717, 1.165) is 0 Å². The molecule has 2 heterocycles. The first kappa shape index (κ1) is 11.4. The topological polar surface area (TPSA) is 15.4 Å². The molecular weight excluding hydrogens is 240 g/mol. The maximum absolute atomic E-state index is 4.57. The second-order valence-corrected chi connectivity index (χ2v) is 5.31. The normalized spacial score (nSPS) is 18.1. The Kier molecular flexibility index (Phi) is 2.84. The van der Waals surface area contributed by atoms with E-state index < -0.39 is 0 Å². The lowest BCUT2D eigenvalue weighted by atomic mass is 10.1. The molecule has 2 aromatic rings. The Hall–Kier alpha value is -1.74. The SMILES string of the molecule is Cc1cccc(C)c1[N+]1=CC=NC1c1ccsc1. The maximum Gasteiger partial charge on any atom is 0.278 e. The van der Waals surface area contributed by atoms with Crippen molar-refractivity contribution in [1.29, 1.82) is 0 Å². The highest BCUT2D eigenvalue weighted by Gasteiger charge is 2.29. The van der Waals surface area contributed by atoms with Crippen LogP contribution in [0.25, 0.3) is 0 Å². The number of para-hydroxylation sites is 1. The van der Waals surface area contributed by atoms with E-state index in [1.54, 1.807) is 11.3 Å². The number of aryl methyl sites for hydroxylation is 2. The first-order valence-electron chi connectivity index (χ1n) is 6.00. The van der Waals surface area contributed by atoms with Crippen molar-refractivity contribution in [1.82, 2.24) is 0 Å². The van der Waals surface area contributed by atoms with E-state index in [2.05, 4.69) is 64.7 Å². The van der Waals surface area contributed by atoms with Gasteiger partial charge in [0, 0.05) is 16.5 Å². The van der Waals surface area contributed by atoms with E-state index in [4.69, 9.17) is 0 Å². The van der Waals surface area contributed by atoms with Gasteiger partial charge < -0.3 is 0 Å². The molecular formula is C15H15N2S+. The largest absolute Gasteiger partial charge is 0.278 e. The zero-order valence-corrected chi connectivity index (χ0v) is 11.3. The third-order valence-corrected chi connectivity index (χ3v) is 3.96. The van der Waals surface area contributed by atoms with Crippen LogP contribution < -0.4 is 0 Å². The summed E-state index contributed by atoms with van der Waals surface area (Å²) in [6, 6.07) is 8.55. The van der Waals surface area contributed by atoms with Gasteiger partial charge in [-0.25, -0.2) is 4.99 Å². The lowest BCUT2D eigenvalue weighted by molar-refractivity contribution is -0.480. The minimum absolute atomic E-state index is 0.0936. The Morgan fingerprint density at radius 1 is 1.17 bits per heavy atom. The molecule has 0 saturated heterocycles. The fraction of sp³-hybridized carbons (Fsp3) is 0.200. The summed E-state index contributed by atoms with van der Waals surface area (Å²) >= 11 is 1.72. The average Bonchev–Trinajstić information content (AvgIpc) is 2.98. The third kappa shape index (κ3) is 1.81. The molecule has 18 heavy (non-hydrogen) atoms. The molecule has 0 spiro atoms. The van der Waals surface area contributed by atoms with Crippen molar-refractivity contribution in [2.75, 3.05) is 0 Å². The average molecular weight is 255 g/mol. The summed E-state index contributed by atoms with van der Waals surface area (Å²) < 4.78 is 2.26. The molecule has 3 heteroatoms. The van der Waals surface area contributed by atoms with Gasteiger partial charge >= 0.3 is 0 Å². The van der Waals surface area contributed by atoms with Crippen LogP contribution in [-0.2, 0) is 0 Å². The highest BCUT2D eigenvalue weighted by atomic mass is 32.1. The minimum Gasteiger partial charge on any atom is -0.215 e. The number of rotatable bonds is 2. The molecule has 0 saturated carbocycles. The Morgan fingerprint density at radius 3 is 2.61 bits per heavy atom. The summed E-state index contributed by atoms with van der Waals surface area (Å²) in [5.41, 5.74) is 5.10. The van der Waals surface area contributed by atoms with Gasteiger partial charge in [-0.05, 0) is 25.3 Å². The zero-order valence-electron chi connectivity index (χ0n) is 10.5. The highest BCUT2D eigenvalue weighted by Crippen LogP contribution is 2.32. The van der Waals surface area contributed by atoms with Crippen LogP contribution in [0, 0.1) is 13.8 Å². The summed E-state index contributed by atoms with van der Waals surface area (Å²) in [7, 11) is 0. The van der Waals surface area contributed by atoms with Gasteiger partial charge in [0.15, 0.2) is 6.21 Å². The van der Waals surface area contributed by atoms with Crippen LogP contribution in [0.3, 0.4) is 0 Å². The Labute approximate surface area is 111 Å². The lowest BCUT2D eigenvalue weighted by Gasteiger charge is -2.10. The highest BCUT2D eigenvalue weighted by molar-refractivity contribution is 7.07. The van der Waals surface area contributed by atoms with E-state index in [-0.39, 0.29) is 6.17 Å². The van der Waals surface area contributed by atoms with Crippen LogP contribution in [0.1, 0.15) is 22.9 Å². The summed E-state index contributed by atoms with van der Waals surface area (Å²) in [6.45, 7) is 4.30. The molecule has 0 bridgehead atoms. The van der Waals surface area contributed by atoms with Gasteiger partial charge in [-0.2, -0.15) is 15.9 Å². The van der Waals surface area contributed by atoms with Crippen LogP contribution in [0.5, 0.6) is 0 Å². The van der Waals surface area contributed by atoms with Gasteiger partial charge in [-0.1, -0.05) is 18.2 Å². The summed E-state index contributed by atoms with van der Waals surface area (Å²) in [5.74, 6) is 0. The van der Waals surface area contributed by atoms with E-state index in [1.807, 2.05) is 6.21 Å². The van der Waals surface area contributed by atoms with E-state index in [0.29, 0.717) is 0 Å². The van der Waals surface area contributed by atoms with Crippen molar-refractivity contribution in [3.05, 3.63) is 51.7 Å². The fourth-order valence-corrected chi connectivity index (χ4v) is 3.10. The van der Waals surface area contributed by atoms with Crippen LogP contribution in [0.15, 0.2) is 40.0 Å². The molecule has 0 radical (unpaired) electrons. The molecule has 0 aliphatic carbocycles. The summed E-state index contributed by atoms with van der Waals surface area (Å²) in [6.07, 6.45) is 4.06. The van der Waals surface area contributed by atoms with E-state index in [1.165, 1.54) is 22.4 Å². The smallest absolute Gasteiger partial charge is 0.215 e. The quantitative estimate of drug-likeness (QED) is 0.724. The molecule has 0 amide bonds. The van der Waals surface area contributed by atoms with Gasteiger partial charge in [0.2, 0.25) is 5.69 Å². The predicted octanol–water partition coefficient (Wildman–Crippen LogP) is 3.86. The van der Waals surface area contributed by atoms with E-state index >= 15 is 0 Å². The van der Waals surface area contributed by atoms with Crippen LogP contribution in [0.2, 0.25) is 0 Å². The summed E-state index contributed by atoms with van der Waals surface area (Å²) in [4.78, 5) is 4.57. The Bertz CT molecular complexity index is 604. The van der Waals surface area contributed by atoms with Crippen LogP contribution in [0.4, 0.5) is 5.69 Å². The van der Waals surface area contributed by atoms with Gasteiger partial charge in [0.1, 0.15) is 0 Å². The Balaban J connectivity index is 2.08. The molecule has 1 atom stereocenters. The molecule has 1 aliphatic rings. The van der Waals surface area contributed by atoms with Gasteiger partial charge in [0.25, 0.3) is 6.17 Å². The molecule has 1 aliphatic heterocycles.